The molecule has 242 valence electrons. The second kappa shape index (κ2) is 11.2. The average molecular weight is 664 g/mol. The van der Waals surface area contributed by atoms with Crippen LogP contribution in [0.15, 0.2) is 180 Å². The smallest absolute Gasteiger partial charge is 0.235 e. The molecule has 0 atom stereocenters. The SMILES string of the molecule is c1ccc(-c2cccc(-c3nc(-n4c5ccccc5c5c6oc7cc(-c8ccccc8)c8ccccc8c7c6ccc54)nc4ccccc34)c2)cc1. The van der Waals surface area contributed by atoms with Crippen LogP contribution in [0.5, 0.6) is 0 Å². The van der Waals surface area contributed by atoms with Crippen LogP contribution in [-0.2, 0) is 0 Å². The van der Waals surface area contributed by atoms with Gasteiger partial charge >= 0.3 is 0 Å². The maximum atomic E-state index is 6.96. The molecule has 0 saturated heterocycles. The highest BCUT2D eigenvalue weighted by Gasteiger charge is 2.22. The molecule has 0 aliphatic rings. The van der Waals surface area contributed by atoms with Gasteiger partial charge in [-0.1, -0.05) is 140 Å². The Balaban J connectivity index is 1.20. The number of fused-ring (bicyclic) bond motifs is 10. The van der Waals surface area contributed by atoms with Crippen LogP contribution in [0, 0.1) is 0 Å². The van der Waals surface area contributed by atoms with E-state index in [9.17, 15) is 0 Å². The first kappa shape index (κ1) is 28.8. The summed E-state index contributed by atoms with van der Waals surface area (Å²) in [5.41, 5.74) is 11.3. The second-order valence-corrected chi connectivity index (χ2v) is 13.3. The van der Waals surface area contributed by atoms with E-state index in [1.54, 1.807) is 0 Å². The maximum Gasteiger partial charge on any atom is 0.235 e. The van der Waals surface area contributed by atoms with Crippen LogP contribution < -0.4 is 0 Å². The minimum absolute atomic E-state index is 0.622. The van der Waals surface area contributed by atoms with E-state index in [-0.39, 0.29) is 0 Å². The summed E-state index contributed by atoms with van der Waals surface area (Å²) in [6, 6.07) is 61.8. The second-order valence-electron chi connectivity index (χ2n) is 13.3. The Morgan fingerprint density at radius 2 is 1.06 bits per heavy atom. The molecule has 0 fully saturated rings. The van der Waals surface area contributed by atoms with Crippen molar-refractivity contribution in [2.24, 2.45) is 0 Å². The lowest BCUT2D eigenvalue weighted by Gasteiger charge is -2.12. The number of hydrogen-bond acceptors (Lipinski definition) is 3. The molecule has 4 heteroatoms. The molecule has 0 spiro atoms. The standard InChI is InChI=1S/C48H29N3O/c1-3-14-30(15-4-1)32-18-13-19-33(28-32)46-36-22-9-11-24-40(36)49-48(50-46)51-41-25-12-10-23-37(41)45-42(51)27-26-38-44-35-21-8-7-20-34(35)39(29-43(44)52-47(38)45)31-16-5-2-6-17-31/h1-29H. The fourth-order valence-electron chi connectivity index (χ4n) is 8.08. The molecule has 0 unspecified atom stereocenters. The first-order valence-electron chi connectivity index (χ1n) is 17.6. The van der Waals surface area contributed by atoms with Crippen LogP contribution in [0.2, 0.25) is 0 Å². The number of benzene rings is 8. The summed E-state index contributed by atoms with van der Waals surface area (Å²) in [4.78, 5) is 10.6. The molecule has 0 bridgehead atoms. The molecule has 0 aliphatic carbocycles. The largest absolute Gasteiger partial charge is 0.455 e. The number of hydrogen-bond donors (Lipinski definition) is 0. The lowest BCUT2D eigenvalue weighted by molar-refractivity contribution is 0.673. The van der Waals surface area contributed by atoms with Gasteiger partial charge in [-0.05, 0) is 69.4 Å². The molecule has 11 aromatic rings. The first-order chi connectivity index (χ1) is 25.8. The van der Waals surface area contributed by atoms with Crippen molar-refractivity contribution < 1.29 is 4.42 Å². The zero-order valence-electron chi connectivity index (χ0n) is 28.0. The number of rotatable bonds is 4. The Morgan fingerprint density at radius 3 is 1.88 bits per heavy atom. The molecule has 3 heterocycles. The van der Waals surface area contributed by atoms with Crippen LogP contribution in [0.25, 0.3) is 105 Å². The minimum Gasteiger partial charge on any atom is -0.455 e. The van der Waals surface area contributed by atoms with Gasteiger partial charge in [-0.3, -0.25) is 4.57 Å². The van der Waals surface area contributed by atoms with Crippen molar-refractivity contribution in [2.75, 3.05) is 0 Å². The third-order valence-electron chi connectivity index (χ3n) is 10.4. The molecule has 3 aromatic heterocycles. The molecule has 8 aromatic carbocycles. The number of aromatic nitrogens is 3. The van der Waals surface area contributed by atoms with Gasteiger partial charge in [-0.25, -0.2) is 9.97 Å². The summed E-state index contributed by atoms with van der Waals surface area (Å²) in [6.07, 6.45) is 0. The fourth-order valence-corrected chi connectivity index (χ4v) is 8.08. The number of furan rings is 1. The van der Waals surface area contributed by atoms with E-state index in [1.807, 2.05) is 12.1 Å². The van der Waals surface area contributed by atoms with Gasteiger partial charge in [0.05, 0.1) is 27.6 Å². The normalized spacial score (nSPS) is 11.8. The van der Waals surface area contributed by atoms with Crippen molar-refractivity contribution >= 4 is 65.4 Å². The molecule has 0 radical (unpaired) electrons. The third kappa shape index (κ3) is 4.28. The van der Waals surface area contributed by atoms with Crippen molar-refractivity contribution in [3.63, 3.8) is 0 Å². The van der Waals surface area contributed by atoms with E-state index in [2.05, 4.69) is 168 Å². The summed E-state index contributed by atoms with van der Waals surface area (Å²) < 4.78 is 9.15. The van der Waals surface area contributed by atoms with E-state index in [0.717, 1.165) is 77.0 Å². The van der Waals surface area contributed by atoms with Crippen LogP contribution >= 0.6 is 0 Å². The van der Waals surface area contributed by atoms with E-state index < -0.39 is 0 Å². The highest BCUT2D eigenvalue weighted by atomic mass is 16.3. The van der Waals surface area contributed by atoms with E-state index in [4.69, 9.17) is 14.4 Å². The zero-order chi connectivity index (χ0) is 34.2. The molecule has 0 N–H and O–H groups in total. The Hall–Kier alpha value is -7.04. The molecular formula is C48H29N3O. The lowest BCUT2D eigenvalue weighted by atomic mass is 9.95. The maximum absolute atomic E-state index is 6.96. The quantitative estimate of drug-likeness (QED) is 0.188. The van der Waals surface area contributed by atoms with E-state index in [1.165, 1.54) is 21.9 Å². The van der Waals surface area contributed by atoms with Crippen molar-refractivity contribution in [1.82, 2.24) is 14.5 Å². The van der Waals surface area contributed by atoms with Crippen LogP contribution in [0.3, 0.4) is 0 Å². The van der Waals surface area contributed by atoms with Gasteiger partial charge in [0, 0.05) is 27.1 Å². The highest BCUT2D eigenvalue weighted by molar-refractivity contribution is 6.29. The van der Waals surface area contributed by atoms with Crippen molar-refractivity contribution in [1.29, 1.82) is 0 Å². The predicted molar refractivity (Wildman–Crippen MR) is 215 cm³/mol. The Morgan fingerprint density at radius 1 is 0.404 bits per heavy atom. The van der Waals surface area contributed by atoms with Crippen LogP contribution in [0.1, 0.15) is 0 Å². The lowest BCUT2D eigenvalue weighted by Crippen LogP contribution is -2.03. The van der Waals surface area contributed by atoms with E-state index >= 15 is 0 Å². The first-order valence-corrected chi connectivity index (χ1v) is 17.6. The summed E-state index contributed by atoms with van der Waals surface area (Å²) in [5.74, 6) is 0.622. The molecular weight excluding hydrogens is 635 g/mol. The monoisotopic (exact) mass is 663 g/mol. The summed E-state index contributed by atoms with van der Waals surface area (Å²) in [7, 11) is 0. The Kier molecular flexibility index (Phi) is 6.22. The average Bonchev–Trinajstić information content (AvgIpc) is 3.77. The van der Waals surface area contributed by atoms with Crippen molar-refractivity contribution in [2.45, 2.75) is 0 Å². The van der Waals surface area contributed by atoms with Crippen molar-refractivity contribution in [3.8, 4) is 39.5 Å². The van der Waals surface area contributed by atoms with Crippen LogP contribution in [-0.4, -0.2) is 14.5 Å². The Bertz CT molecular complexity index is 3180. The highest BCUT2D eigenvalue weighted by Crippen LogP contribution is 2.44. The number of para-hydroxylation sites is 2. The summed E-state index contributed by atoms with van der Waals surface area (Å²) >= 11 is 0. The zero-order valence-corrected chi connectivity index (χ0v) is 28.0. The topological polar surface area (TPSA) is 43.9 Å². The van der Waals surface area contributed by atoms with Gasteiger partial charge in [0.25, 0.3) is 0 Å². The molecule has 0 aliphatic heterocycles. The van der Waals surface area contributed by atoms with E-state index in [0.29, 0.717) is 5.95 Å². The van der Waals surface area contributed by atoms with Crippen LogP contribution in [0.4, 0.5) is 0 Å². The summed E-state index contributed by atoms with van der Waals surface area (Å²) in [5, 5.41) is 7.78. The van der Waals surface area contributed by atoms with Gasteiger partial charge < -0.3 is 4.42 Å². The summed E-state index contributed by atoms with van der Waals surface area (Å²) in [6.45, 7) is 0. The molecule has 4 nitrogen and oxygen atoms in total. The molecule has 0 amide bonds. The molecule has 0 saturated carbocycles. The predicted octanol–water partition coefficient (Wildman–Crippen LogP) is 12.8. The van der Waals surface area contributed by atoms with Gasteiger partial charge in [0.2, 0.25) is 5.95 Å². The fraction of sp³-hybridized carbons (Fsp3) is 0. The van der Waals surface area contributed by atoms with Gasteiger partial charge in [-0.2, -0.15) is 0 Å². The number of nitrogens with zero attached hydrogens (tertiary/aromatic N) is 3. The minimum atomic E-state index is 0.622. The molecule has 11 rings (SSSR count). The third-order valence-corrected chi connectivity index (χ3v) is 10.4. The Labute approximate surface area is 298 Å². The van der Waals surface area contributed by atoms with Gasteiger partial charge in [0.15, 0.2) is 0 Å². The van der Waals surface area contributed by atoms with Crippen molar-refractivity contribution in [3.05, 3.63) is 176 Å². The van der Waals surface area contributed by atoms with Gasteiger partial charge in [0.1, 0.15) is 11.2 Å². The molecule has 52 heavy (non-hydrogen) atoms. The van der Waals surface area contributed by atoms with Gasteiger partial charge in [-0.15, -0.1) is 0 Å².